The molecule has 3 fully saturated rings. The van der Waals surface area contributed by atoms with Gasteiger partial charge in [-0.25, -0.2) is 4.39 Å². The number of aromatic nitrogens is 1. The van der Waals surface area contributed by atoms with Crippen molar-refractivity contribution < 1.29 is 9.18 Å². The van der Waals surface area contributed by atoms with E-state index in [2.05, 4.69) is 4.98 Å². The molecule has 3 aliphatic rings. The number of Topliss-reactive ketones (excluding diaryl/α,β-unsaturated/α-hetero) is 1. The van der Waals surface area contributed by atoms with Crippen LogP contribution in [0.1, 0.15) is 29.6 Å². The first-order chi connectivity index (χ1) is 8.27. The number of carbonyl (C=O) groups is 1. The zero-order valence-electron chi connectivity index (χ0n) is 9.47. The van der Waals surface area contributed by atoms with E-state index in [4.69, 9.17) is 0 Å². The lowest BCUT2D eigenvalue weighted by atomic mass is 9.96. The quantitative estimate of drug-likeness (QED) is 0.732. The summed E-state index contributed by atoms with van der Waals surface area (Å²) < 4.78 is 13.5. The van der Waals surface area contributed by atoms with Crippen LogP contribution in [0.2, 0.25) is 0 Å². The zero-order valence-corrected chi connectivity index (χ0v) is 9.47. The standard InChI is InChI=1S/C14H14FNO/c15-10-6-16-4-3-9(10)14(17)13-11-7-1-2-8(5-7)12(11)13/h3-4,6-8,11-13H,1-2,5H2. The number of rotatable bonds is 2. The van der Waals surface area contributed by atoms with Crippen LogP contribution < -0.4 is 0 Å². The van der Waals surface area contributed by atoms with Gasteiger partial charge in [-0.15, -0.1) is 0 Å². The number of fused-ring (bicyclic) bond motifs is 5. The molecule has 0 aromatic carbocycles. The Morgan fingerprint density at radius 1 is 1.29 bits per heavy atom. The molecule has 1 aromatic heterocycles. The summed E-state index contributed by atoms with van der Waals surface area (Å²) in [5, 5.41) is 0. The lowest BCUT2D eigenvalue weighted by molar-refractivity contribution is 0.0940. The molecule has 0 aliphatic heterocycles. The molecule has 4 atom stereocenters. The van der Waals surface area contributed by atoms with Crippen LogP contribution in [-0.4, -0.2) is 10.8 Å². The molecule has 2 bridgehead atoms. The summed E-state index contributed by atoms with van der Waals surface area (Å²) in [6, 6.07) is 1.52. The first-order valence-electron chi connectivity index (χ1n) is 6.41. The van der Waals surface area contributed by atoms with Crippen molar-refractivity contribution in [3.8, 4) is 0 Å². The summed E-state index contributed by atoms with van der Waals surface area (Å²) in [4.78, 5) is 16.0. The van der Waals surface area contributed by atoms with Gasteiger partial charge in [-0.05, 0) is 49.0 Å². The third-order valence-corrected chi connectivity index (χ3v) is 5.08. The van der Waals surface area contributed by atoms with Crippen LogP contribution >= 0.6 is 0 Å². The molecule has 3 saturated carbocycles. The highest BCUT2D eigenvalue weighted by molar-refractivity contribution is 6.00. The molecule has 2 nitrogen and oxygen atoms in total. The maximum Gasteiger partial charge on any atom is 0.169 e. The third kappa shape index (κ3) is 1.20. The summed E-state index contributed by atoms with van der Waals surface area (Å²) in [5.41, 5.74) is 0.249. The molecule has 0 spiro atoms. The summed E-state index contributed by atoms with van der Waals surface area (Å²) in [5.74, 6) is 2.35. The van der Waals surface area contributed by atoms with Crippen molar-refractivity contribution in [3.63, 3.8) is 0 Å². The molecule has 1 heterocycles. The van der Waals surface area contributed by atoms with Gasteiger partial charge in [0.25, 0.3) is 0 Å². The molecule has 1 aromatic rings. The Bertz CT molecular complexity index is 485. The van der Waals surface area contributed by atoms with Crippen LogP contribution in [-0.2, 0) is 0 Å². The first-order valence-corrected chi connectivity index (χ1v) is 6.41. The monoisotopic (exact) mass is 231 g/mol. The molecule has 0 N–H and O–H groups in total. The number of halogens is 1. The second-order valence-corrected chi connectivity index (χ2v) is 5.73. The van der Waals surface area contributed by atoms with Crippen LogP contribution in [0.3, 0.4) is 0 Å². The fraction of sp³-hybridized carbons (Fsp3) is 0.571. The van der Waals surface area contributed by atoms with Gasteiger partial charge in [0.05, 0.1) is 11.8 Å². The van der Waals surface area contributed by atoms with E-state index in [-0.39, 0.29) is 17.3 Å². The van der Waals surface area contributed by atoms with E-state index < -0.39 is 5.82 Å². The SMILES string of the molecule is O=C(c1ccncc1F)C1C2C3CCC(C3)C12. The van der Waals surface area contributed by atoms with E-state index in [1.54, 1.807) is 0 Å². The summed E-state index contributed by atoms with van der Waals surface area (Å²) in [6.45, 7) is 0. The van der Waals surface area contributed by atoms with Gasteiger partial charge in [0.1, 0.15) is 0 Å². The zero-order chi connectivity index (χ0) is 11.6. The van der Waals surface area contributed by atoms with Gasteiger partial charge < -0.3 is 0 Å². The lowest BCUT2D eigenvalue weighted by Gasteiger charge is -2.08. The fourth-order valence-corrected chi connectivity index (χ4v) is 4.43. The first kappa shape index (κ1) is 9.75. The van der Waals surface area contributed by atoms with Crippen LogP contribution in [0.15, 0.2) is 18.5 Å². The van der Waals surface area contributed by atoms with Crippen LogP contribution in [0.4, 0.5) is 4.39 Å². The Labute approximate surface area is 99.2 Å². The van der Waals surface area contributed by atoms with Crippen LogP contribution in [0.5, 0.6) is 0 Å². The van der Waals surface area contributed by atoms with Crippen LogP contribution in [0.25, 0.3) is 0 Å². The largest absolute Gasteiger partial charge is 0.294 e. The highest BCUT2D eigenvalue weighted by Crippen LogP contribution is 2.69. The average Bonchev–Trinajstić information content (AvgIpc) is 2.77. The highest BCUT2D eigenvalue weighted by atomic mass is 19.1. The molecule has 3 aliphatic carbocycles. The summed E-state index contributed by atoms with van der Waals surface area (Å²) in [6.07, 6.45) is 6.53. The molecule has 4 unspecified atom stereocenters. The smallest absolute Gasteiger partial charge is 0.169 e. The van der Waals surface area contributed by atoms with Gasteiger partial charge in [0.15, 0.2) is 11.6 Å². The van der Waals surface area contributed by atoms with Crippen molar-refractivity contribution in [3.05, 3.63) is 29.8 Å². The van der Waals surface area contributed by atoms with E-state index in [1.807, 2.05) is 0 Å². The number of pyridine rings is 1. The molecule has 88 valence electrons. The second kappa shape index (κ2) is 3.15. The minimum absolute atomic E-state index is 0.0245. The second-order valence-electron chi connectivity index (χ2n) is 5.73. The van der Waals surface area contributed by atoms with Crippen molar-refractivity contribution in [1.29, 1.82) is 0 Å². The Morgan fingerprint density at radius 3 is 2.65 bits per heavy atom. The Balaban J connectivity index is 1.62. The minimum Gasteiger partial charge on any atom is -0.294 e. The third-order valence-electron chi connectivity index (χ3n) is 5.08. The van der Waals surface area contributed by atoms with E-state index in [9.17, 15) is 9.18 Å². The number of hydrogen-bond donors (Lipinski definition) is 0. The van der Waals surface area contributed by atoms with Crippen molar-refractivity contribution >= 4 is 5.78 Å². The fourth-order valence-electron chi connectivity index (χ4n) is 4.43. The summed E-state index contributed by atoms with van der Waals surface area (Å²) in [7, 11) is 0. The maximum absolute atomic E-state index is 13.5. The van der Waals surface area contributed by atoms with Crippen molar-refractivity contribution in [1.82, 2.24) is 4.98 Å². The van der Waals surface area contributed by atoms with Gasteiger partial charge in [-0.3, -0.25) is 9.78 Å². The molecular weight excluding hydrogens is 217 g/mol. The number of carbonyl (C=O) groups excluding carboxylic acids is 1. The van der Waals surface area contributed by atoms with Gasteiger partial charge >= 0.3 is 0 Å². The number of hydrogen-bond acceptors (Lipinski definition) is 2. The molecule has 0 amide bonds. The molecule has 17 heavy (non-hydrogen) atoms. The molecular formula is C14H14FNO. The van der Waals surface area contributed by atoms with Gasteiger partial charge in [-0.2, -0.15) is 0 Å². The van der Waals surface area contributed by atoms with Gasteiger partial charge in [0, 0.05) is 12.1 Å². The minimum atomic E-state index is -0.463. The molecule has 4 rings (SSSR count). The predicted octanol–water partition coefficient (Wildman–Crippen LogP) is 2.70. The van der Waals surface area contributed by atoms with Crippen molar-refractivity contribution in [2.24, 2.45) is 29.6 Å². The predicted molar refractivity (Wildman–Crippen MR) is 59.8 cm³/mol. The van der Waals surface area contributed by atoms with E-state index in [0.717, 1.165) is 18.0 Å². The Kier molecular flexibility index (Phi) is 1.81. The molecule has 0 radical (unpaired) electrons. The Hall–Kier alpha value is -1.25. The van der Waals surface area contributed by atoms with Crippen LogP contribution in [0, 0.1) is 35.4 Å². The normalized spacial score (nSPS) is 41.4. The van der Waals surface area contributed by atoms with E-state index >= 15 is 0 Å². The molecule has 0 saturated heterocycles. The van der Waals surface area contributed by atoms with Crippen molar-refractivity contribution in [2.45, 2.75) is 19.3 Å². The Morgan fingerprint density at radius 2 is 2.00 bits per heavy atom. The average molecular weight is 231 g/mol. The van der Waals surface area contributed by atoms with Gasteiger partial charge in [0.2, 0.25) is 0 Å². The van der Waals surface area contributed by atoms with Gasteiger partial charge in [-0.1, -0.05) is 0 Å². The lowest BCUT2D eigenvalue weighted by Crippen LogP contribution is -2.11. The van der Waals surface area contributed by atoms with Crippen molar-refractivity contribution in [2.75, 3.05) is 0 Å². The van der Waals surface area contributed by atoms with E-state index in [0.29, 0.717) is 11.8 Å². The highest BCUT2D eigenvalue weighted by Gasteiger charge is 2.67. The maximum atomic E-state index is 13.5. The summed E-state index contributed by atoms with van der Waals surface area (Å²) >= 11 is 0. The molecule has 3 heteroatoms. The number of nitrogens with zero attached hydrogens (tertiary/aromatic N) is 1. The van der Waals surface area contributed by atoms with E-state index in [1.165, 1.54) is 31.5 Å². The number of ketones is 1. The topological polar surface area (TPSA) is 30.0 Å².